The number of nitrogens with one attached hydrogen (secondary N) is 1. The summed E-state index contributed by atoms with van der Waals surface area (Å²) in [7, 11) is 0. The minimum absolute atomic E-state index is 0.220. The summed E-state index contributed by atoms with van der Waals surface area (Å²) in [5.74, 6) is 0. The molecule has 0 bridgehead atoms. The zero-order chi connectivity index (χ0) is 17.0. The molecule has 0 aliphatic carbocycles. The molecular formula is C17H26ClN3O2. The van der Waals surface area contributed by atoms with Crippen molar-refractivity contribution in [3.8, 4) is 0 Å². The van der Waals surface area contributed by atoms with Gasteiger partial charge in [0.05, 0.1) is 11.9 Å². The number of ether oxygens (including phenoxy) is 1. The van der Waals surface area contributed by atoms with Gasteiger partial charge in [-0.05, 0) is 58.6 Å². The van der Waals surface area contributed by atoms with Gasteiger partial charge in [0.2, 0.25) is 0 Å². The number of hydrogen-bond acceptors (Lipinski definition) is 4. The molecule has 1 amide bonds. The highest BCUT2D eigenvalue weighted by Gasteiger charge is 2.25. The maximum atomic E-state index is 12.2. The van der Waals surface area contributed by atoms with Crippen LogP contribution in [0.2, 0.25) is 5.15 Å². The molecule has 1 unspecified atom stereocenters. The maximum Gasteiger partial charge on any atom is 0.410 e. The number of carbonyl (C=O) groups excluding carboxylic acids is 1. The summed E-state index contributed by atoms with van der Waals surface area (Å²) in [5, 5.41) is 4.03. The Hall–Kier alpha value is -1.49. The molecule has 1 aromatic heterocycles. The minimum atomic E-state index is -0.451. The number of aromatic nitrogens is 1. The van der Waals surface area contributed by atoms with Crippen LogP contribution in [-0.2, 0) is 4.74 Å². The number of amides is 1. The highest BCUT2D eigenvalue weighted by Crippen LogP contribution is 2.21. The zero-order valence-corrected chi connectivity index (χ0v) is 15.1. The van der Waals surface area contributed by atoms with Gasteiger partial charge in [-0.25, -0.2) is 9.78 Å². The average molecular weight is 340 g/mol. The number of likely N-dealkylation sites (tertiary alicyclic amines) is 1. The lowest BCUT2D eigenvalue weighted by Gasteiger charge is -2.26. The lowest BCUT2D eigenvalue weighted by molar-refractivity contribution is 0.0256. The van der Waals surface area contributed by atoms with Crippen LogP contribution in [0.15, 0.2) is 12.3 Å². The molecule has 2 heterocycles. The van der Waals surface area contributed by atoms with Gasteiger partial charge in [-0.1, -0.05) is 11.6 Å². The summed E-state index contributed by atoms with van der Waals surface area (Å²) in [4.78, 5) is 18.1. The Labute approximate surface area is 143 Å². The van der Waals surface area contributed by atoms with Crippen molar-refractivity contribution in [2.24, 2.45) is 0 Å². The Bertz CT molecular complexity index is 557. The van der Waals surface area contributed by atoms with Gasteiger partial charge < -0.3 is 15.0 Å². The lowest BCUT2D eigenvalue weighted by atomic mass is 10.1. The van der Waals surface area contributed by atoms with Crippen LogP contribution in [0.4, 0.5) is 10.5 Å². The number of pyridine rings is 1. The van der Waals surface area contributed by atoms with Gasteiger partial charge in [-0.3, -0.25) is 0 Å². The summed E-state index contributed by atoms with van der Waals surface area (Å²) in [5.41, 5.74) is 1.48. The van der Waals surface area contributed by atoms with Crippen LogP contribution in [-0.4, -0.2) is 40.7 Å². The van der Waals surface area contributed by atoms with Crippen molar-refractivity contribution >= 4 is 23.4 Å². The first-order chi connectivity index (χ1) is 10.7. The van der Waals surface area contributed by atoms with E-state index >= 15 is 0 Å². The van der Waals surface area contributed by atoms with E-state index in [4.69, 9.17) is 16.3 Å². The predicted molar refractivity (Wildman–Crippen MR) is 93.1 cm³/mol. The normalized spacial score (nSPS) is 19.2. The Morgan fingerprint density at radius 3 is 2.78 bits per heavy atom. The molecule has 5 nitrogen and oxygen atoms in total. The van der Waals surface area contributed by atoms with Gasteiger partial charge in [0.25, 0.3) is 0 Å². The van der Waals surface area contributed by atoms with Crippen LogP contribution >= 0.6 is 11.6 Å². The third-order valence-electron chi connectivity index (χ3n) is 3.76. The number of nitrogens with zero attached hydrogens (tertiary/aromatic N) is 2. The molecule has 1 saturated heterocycles. The molecule has 1 aliphatic rings. The van der Waals surface area contributed by atoms with E-state index in [9.17, 15) is 4.79 Å². The van der Waals surface area contributed by atoms with Crippen molar-refractivity contribution in [3.05, 3.63) is 23.0 Å². The van der Waals surface area contributed by atoms with E-state index in [1.165, 1.54) is 0 Å². The predicted octanol–water partition coefficient (Wildman–Crippen LogP) is 4.24. The van der Waals surface area contributed by atoms with Crippen LogP contribution in [0.25, 0.3) is 0 Å². The smallest absolute Gasteiger partial charge is 0.410 e. The highest BCUT2D eigenvalue weighted by molar-refractivity contribution is 6.30. The van der Waals surface area contributed by atoms with E-state index < -0.39 is 5.60 Å². The standard InChI is InChI=1S/C17H26ClN3O2/c1-12-10-14(11-19-15(12)18)20-13-6-5-8-21(9-7-13)16(22)23-17(2,3)4/h10-11,13,20H,5-9H2,1-4H3. The molecule has 1 atom stereocenters. The van der Waals surface area contributed by atoms with Crippen molar-refractivity contribution < 1.29 is 9.53 Å². The third kappa shape index (κ3) is 5.57. The van der Waals surface area contributed by atoms with E-state index in [0.29, 0.717) is 17.7 Å². The Morgan fingerprint density at radius 2 is 2.13 bits per heavy atom. The molecule has 6 heteroatoms. The summed E-state index contributed by atoms with van der Waals surface area (Å²) in [6, 6.07) is 2.33. The van der Waals surface area contributed by atoms with Gasteiger partial charge in [0, 0.05) is 19.1 Å². The van der Waals surface area contributed by atoms with E-state index in [2.05, 4.69) is 10.3 Å². The van der Waals surface area contributed by atoms with Crippen molar-refractivity contribution in [1.29, 1.82) is 0 Å². The lowest BCUT2D eigenvalue weighted by Crippen LogP contribution is -2.37. The molecule has 0 radical (unpaired) electrons. The Balaban J connectivity index is 1.90. The minimum Gasteiger partial charge on any atom is -0.444 e. The molecule has 0 spiro atoms. The molecule has 128 valence electrons. The van der Waals surface area contributed by atoms with Crippen molar-refractivity contribution in [2.45, 2.75) is 58.6 Å². The van der Waals surface area contributed by atoms with Gasteiger partial charge in [0.1, 0.15) is 10.8 Å². The van der Waals surface area contributed by atoms with E-state index in [0.717, 1.165) is 37.1 Å². The summed E-state index contributed by atoms with van der Waals surface area (Å²) < 4.78 is 5.46. The van der Waals surface area contributed by atoms with E-state index in [1.54, 1.807) is 11.1 Å². The quantitative estimate of drug-likeness (QED) is 0.818. The van der Waals surface area contributed by atoms with E-state index in [1.807, 2.05) is 33.8 Å². The summed E-state index contributed by atoms with van der Waals surface area (Å²) in [6.45, 7) is 9.06. The number of rotatable bonds is 2. The number of hydrogen-bond donors (Lipinski definition) is 1. The van der Waals surface area contributed by atoms with Crippen LogP contribution in [0.5, 0.6) is 0 Å². The van der Waals surface area contributed by atoms with Crippen LogP contribution in [0, 0.1) is 6.92 Å². The second-order valence-corrected chi connectivity index (χ2v) is 7.43. The first-order valence-electron chi connectivity index (χ1n) is 8.11. The average Bonchev–Trinajstić information content (AvgIpc) is 2.67. The number of carbonyl (C=O) groups is 1. The molecule has 2 rings (SSSR count). The fourth-order valence-electron chi connectivity index (χ4n) is 2.62. The fraction of sp³-hybridized carbons (Fsp3) is 0.647. The molecule has 1 aromatic rings. The molecule has 1 fully saturated rings. The molecular weight excluding hydrogens is 314 g/mol. The molecule has 1 aliphatic heterocycles. The SMILES string of the molecule is Cc1cc(NC2CCCN(C(=O)OC(C)(C)C)CC2)cnc1Cl. The number of halogens is 1. The molecule has 23 heavy (non-hydrogen) atoms. The van der Waals surface area contributed by atoms with Crippen LogP contribution in [0.3, 0.4) is 0 Å². The van der Waals surface area contributed by atoms with Crippen LogP contribution in [0.1, 0.15) is 45.6 Å². The third-order valence-corrected chi connectivity index (χ3v) is 4.16. The zero-order valence-electron chi connectivity index (χ0n) is 14.4. The fourth-order valence-corrected chi connectivity index (χ4v) is 2.73. The monoisotopic (exact) mass is 339 g/mol. The summed E-state index contributed by atoms with van der Waals surface area (Å²) >= 11 is 5.96. The first kappa shape index (κ1) is 17.9. The summed E-state index contributed by atoms with van der Waals surface area (Å²) in [6.07, 6.45) is 4.40. The van der Waals surface area contributed by atoms with Gasteiger partial charge in [-0.15, -0.1) is 0 Å². The van der Waals surface area contributed by atoms with E-state index in [-0.39, 0.29) is 6.09 Å². The van der Waals surface area contributed by atoms with Crippen molar-refractivity contribution in [3.63, 3.8) is 0 Å². The van der Waals surface area contributed by atoms with Crippen molar-refractivity contribution in [1.82, 2.24) is 9.88 Å². The van der Waals surface area contributed by atoms with Crippen LogP contribution < -0.4 is 5.32 Å². The largest absolute Gasteiger partial charge is 0.444 e. The second kappa shape index (κ2) is 7.39. The number of anilines is 1. The van der Waals surface area contributed by atoms with Gasteiger partial charge >= 0.3 is 6.09 Å². The Morgan fingerprint density at radius 1 is 1.39 bits per heavy atom. The first-order valence-corrected chi connectivity index (χ1v) is 8.49. The van der Waals surface area contributed by atoms with Gasteiger partial charge in [0.15, 0.2) is 0 Å². The number of aryl methyl sites for hydroxylation is 1. The maximum absolute atomic E-state index is 12.2. The topological polar surface area (TPSA) is 54.5 Å². The molecule has 0 aromatic carbocycles. The molecule has 1 N–H and O–H groups in total. The highest BCUT2D eigenvalue weighted by atomic mass is 35.5. The second-order valence-electron chi connectivity index (χ2n) is 7.07. The molecule has 0 saturated carbocycles. The van der Waals surface area contributed by atoms with Gasteiger partial charge in [-0.2, -0.15) is 0 Å². The Kier molecular flexibility index (Phi) is 5.74. The van der Waals surface area contributed by atoms with Crippen molar-refractivity contribution in [2.75, 3.05) is 18.4 Å².